The summed E-state index contributed by atoms with van der Waals surface area (Å²) < 4.78 is 38.1. The fraction of sp³-hybridized carbons (Fsp3) is 0.250. The molecule has 8 heteroatoms. The van der Waals surface area contributed by atoms with Crippen molar-refractivity contribution in [2.75, 3.05) is 16.8 Å². The highest BCUT2D eigenvalue weighted by molar-refractivity contribution is 5.99. The van der Waals surface area contributed by atoms with E-state index >= 15 is 0 Å². The summed E-state index contributed by atoms with van der Waals surface area (Å²) in [5.41, 5.74) is 0.374. The SMILES string of the molecule is O=C(Nc1ccc(C(F)(F)F)cc1)[C@H]1CCCN1c1ncnc2ccccc12. The number of fused-ring (bicyclic) bond motifs is 1. The van der Waals surface area contributed by atoms with Crippen LogP contribution >= 0.6 is 0 Å². The number of para-hydroxylation sites is 1. The number of amides is 1. The Labute approximate surface area is 159 Å². The topological polar surface area (TPSA) is 58.1 Å². The van der Waals surface area contributed by atoms with Gasteiger partial charge in [-0.05, 0) is 49.2 Å². The van der Waals surface area contributed by atoms with E-state index in [2.05, 4.69) is 15.3 Å². The molecule has 1 aliphatic rings. The Morgan fingerprint density at radius 2 is 1.82 bits per heavy atom. The van der Waals surface area contributed by atoms with E-state index in [0.717, 1.165) is 29.5 Å². The van der Waals surface area contributed by atoms with Crippen LogP contribution in [0.5, 0.6) is 0 Å². The molecule has 1 amide bonds. The number of nitrogens with zero attached hydrogens (tertiary/aromatic N) is 3. The number of hydrogen-bond acceptors (Lipinski definition) is 4. The van der Waals surface area contributed by atoms with Crippen LogP contribution in [0.3, 0.4) is 0 Å². The lowest BCUT2D eigenvalue weighted by atomic mass is 10.1. The lowest BCUT2D eigenvalue weighted by Gasteiger charge is -2.25. The first-order chi connectivity index (χ1) is 13.4. The van der Waals surface area contributed by atoms with Gasteiger partial charge >= 0.3 is 6.18 Å². The zero-order valence-corrected chi connectivity index (χ0v) is 14.8. The van der Waals surface area contributed by atoms with Crippen LogP contribution in [0.2, 0.25) is 0 Å². The molecule has 28 heavy (non-hydrogen) atoms. The molecule has 1 fully saturated rings. The maximum atomic E-state index is 12.8. The Hall–Kier alpha value is -3.16. The van der Waals surface area contributed by atoms with Gasteiger partial charge in [0.25, 0.3) is 0 Å². The Bertz CT molecular complexity index is 999. The van der Waals surface area contributed by atoms with Crippen molar-refractivity contribution in [3.8, 4) is 0 Å². The highest BCUT2D eigenvalue weighted by Gasteiger charge is 2.33. The van der Waals surface area contributed by atoms with Crippen LogP contribution in [0.4, 0.5) is 24.7 Å². The van der Waals surface area contributed by atoms with E-state index in [0.29, 0.717) is 24.5 Å². The van der Waals surface area contributed by atoms with Crippen molar-refractivity contribution in [1.82, 2.24) is 9.97 Å². The van der Waals surface area contributed by atoms with Crippen LogP contribution in [0.1, 0.15) is 18.4 Å². The Morgan fingerprint density at radius 3 is 2.57 bits per heavy atom. The molecule has 2 aromatic carbocycles. The van der Waals surface area contributed by atoms with Gasteiger partial charge in [-0.2, -0.15) is 13.2 Å². The number of anilines is 2. The van der Waals surface area contributed by atoms with E-state index in [-0.39, 0.29) is 5.91 Å². The van der Waals surface area contributed by atoms with Gasteiger partial charge in [0, 0.05) is 17.6 Å². The van der Waals surface area contributed by atoms with E-state index in [1.54, 1.807) is 0 Å². The molecule has 0 saturated carbocycles. The van der Waals surface area contributed by atoms with Gasteiger partial charge in [-0.3, -0.25) is 4.79 Å². The summed E-state index contributed by atoms with van der Waals surface area (Å²) in [6.07, 6.45) is -1.46. The summed E-state index contributed by atoms with van der Waals surface area (Å²) in [4.78, 5) is 23.4. The van der Waals surface area contributed by atoms with E-state index in [1.165, 1.54) is 18.5 Å². The first-order valence-electron chi connectivity index (χ1n) is 8.88. The number of hydrogen-bond donors (Lipinski definition) is 1. The predicted octanol–water partition coefficient (Wildman–Crippen LogP) is 4.26. The third-order valence-electron chi connectivity index (χ3n) is 4.83. The van der Waals surface area contributed by atoms with Crippen molar-refractivity contribution < 1.29 is 18.0 Å². The third-order valence-corrected chi connectivity index (χ3v) is 4.83. The quantitative estimate of drug-likeness (QED) is 0.731. The minimum absolute atomic E-state index is 0.264. The summed E-state index contributed by atoms with van der Waals surface area (Å²) in [5, 5.41) is 3.58. The average molecular weight is 386 g/mol. The van der Waals surface area contributed by atoms with Gasteiger partial charge in [-0.1, -0.05) is 12.1 Å². The number of carbonyl (C=O) groups is 1. The van der Waals surface area contributed by atoms with Crippen molar-refractivity contribution in [2.24, 2.45) is 0 Å². The first kappa shape index (κ1) is 18.2. The van der Waals surface area contributed by atoms with Crippen LogP contribution in [-0.2, 0) is 11.0 Å². The molecule has 1 saturated heterocycles. The van der Waals surface area contributed by atoms with Crippen molar-refractivity contribution >= 4 is 28.3 Å². The molecule has 1 aliphatic heterocycles. The maximum Gasteiger partial charge on any atom is 0.416 e. The second-order valence-electron chi connectivity index (χ2n) is 6.63. The molecular weight excluding hydrogens is 369 g/mol. The summed E-state index contributed by atoms with van der Waals surface area (Å²) in [6, 6.07) is 11.6. The van der Waals surface area contributed by atoms with Gasteiger partial charge in [0.2, 0.25) is 5.91 Å². The minimum atomic E-state index is -4.40. The standard InChI is InChI=1S/C20H17F3N4O/c21-20(22,23)13-7-9-14(10-8-13)26-19(28)17-6-3-11-27(17)18-15-4-1-2-5-16(15)24-12-25-18/h1-2,4-5,7-10,12,17H,3,6,11H2,(H,26,28)/t17-/m1/s1. The molecule has 3 aromatic rings. The number of aromatic nitrogens is 2. The smallest absolute Gasteiger partial charge is 0.344 e. The molecule has 0 bridgehead atoms. The van der Waals surface area contributed by atoms with E-state index in [9.17, 15) is 18.0 Å². The molecule has 0 spiro atoms. The van der Waals surface area contributed by atoms with Crippen molar-refractivity contribution in [3.05, 3.63) is 60.4 Å². The highest BCUT2D eigenvalue weighted by Crippen LogP contribution is 2.31. The molecule has 1 N–H and O–H groups in total. The van der Waals surface area contributed by atoms with Crippen molar-refractivity contribution in [2.45, 2.75) is 25.1 Å². The Balaban J connectivity index is 1.55. The lowest BCUT2D eigenvalue weighted by molar-refractivity contribution is -0.137. The van der Waals surface area contributed by atoms with Crippen LogP contribution in [0.15, 0.2) is 54.9 Å². The number of benzene rings is 2. The zero-order chi connectivity index (χ0) is 19.7. The molecule has 144 valence electrons. The fourth-order valence-electron chi connectivity index (χ4n) is 3.48. The van der Waals surface area contributed by atoms with Gasteiger partial charge in [0.1, 0.15) is 18.2 Å². The van der Waals surface area contributed by atoms with Gasteiger partial charge in [0.05, 0.1) is 11.1 Å². The first-order valence-corrected chi connectivity index (χ1v) is 8.88. The maximum absolute atomic E-state index is 12.8. The molecule has 0 unspecified atom stereocenters. The number of alkyl halides is 3. The van der Waals surface area contributed by atoms with Crippen molar-refractivity contribution in [1.29, 1.82) is 0 Å². The second-order valence-corrected chi connectivity index (χ2v) is 6.63. The monoisotopic (exact) mass is 386 g/mol. The number of carbonyl (C=O) groups excluding carboxylic acids is 1. The van der Waals surface area contributed by atoms with Gasteiger partial charge in [-0.25, -0.2) is 9.97 Å². The Morgan fingerprint density at radius 1 is 1.07 bits per heavy atom. The van der Waals surface area contributed by atoms with E-state index in [4.69, 9.17) is 0 Å². The van der Waals surface area contributed by atoms with Crippen LogP contribution < -0.4 is 10.2 Å². The largest absolute Gasteiger partial charge is 0.416 e. The number of nitrogens with one attached hydrogen (secondary N) is 1. The molecule has 1 atom stereocenters. The molecule has 1 aromatic heterocycles. The molecular formula is C20H17F3N4O. The van der Waals surface area contributed by atoms with Crippen LogP contribution in [-0.4, -0.2) is 28.5 Å². The molecule has 5 nitrogen and oxygen atoms in total. The summed E-state index contributed by atoms with van der Waals surface area (Å²) in [5.74, 6) is 0.427. The van der Waals surface area contributed by atoms with Gasteiger partial charge < -0.3 is 10.2 Å². The molecule has 2 heterocycles. The lowest BCUT2D eigenvalue weighted by Crippen LogP contribution is -2.40. The van der Waals surface area contributed by atoms with Gasteiger partial charge in [0.15, 0.2) is 0 Å². The average Bonchev–Trinajstić information content (AvgIpc) is 3.17. The molecule has 0 aliphatic carbocycles. The van der Waals surface area contributed by atoms with Crippen LogP contribution in [0, 0.1) is 0 Å². The summed E-state index contributed by atoms with van der Waals surface area (Å²) in [7, 11) is 0. The Kier molecular flexibility index (Phi) is 4.62. The van der Waals surface area contributed by atoms with E-state index in [1.807, 2.05) is 29.2 Å². The minimum Gasteiger partial charge on any atom is -0.344 e. The second kappa shape index (κ2) is 7.10. The van der Waals surface area contributed by atoms with Gasteiger partial charge in [-0.15, -0.1) is 0 Å². The summed E-state index contributed by atoms with van der Waals surface area (Å²) >= 11 is 0. The highest BCUT2D eigenvalue weighted by atomic mass is 19.4. The normalized spacial score (nSPS) is 17.1. The van der Waals surface area contributed by atoms with E-state index < -0.39 is 17.8 Å². The fourth-order valence-corrected chi connectivity index (χ4v) is 3.48. The molecule has 0 radical (unpaired) electrons. The van der Waals surface area contributed by atoms with Crippen molar-refractivity contribution in [3.63, 3.8) is 0 Å². The zero-order valence-electron chi connectivity index (χ0n) is 14.8. The van der Waals surface area contributed by atoms with Crippen LogP contribution in [0.25, 0.3) is 10.9 Å². The summed E-state index contributed by atoms with van der Waals surface area (Å²) in [6.45, 7) is 0.673. The third kappa shape index (κ3) is 3.49. The predicted molar refractivity (Wildman–Crippen MR) is 100.0 cm³/mol. The number of rotatable bonds is 3. The number of halogens is 3. The molecule has 4 rings (SSSR count).